The van der Waals surface area contributed by atoms with E-state index in [2.05, 4.69) is 33.0 Å². The summed E-state index contributed by atoms with van der Waals surface area (Å²) in [6.07, 6.45) is -0.315. The van der Waals surface area contributed by atoms with Gasteiger partial charge in [-0.15, -0.1) is 0 Å². The fraction of sp³-hybridized carbons (Fsp3) is 0.538. The van der Waals surface area contributed by atoms with Crippen LogP contribution in [-0.4, -0.2) is 47.0 Å². The normalized spacial score (nSPS) is 27.3. The summed E-state index contributed by atoms with van der Waals surface area (Å²) < 4.78 is 6.73. The maximum Gasteiger partial charge on any atom is 0.127 e. The number of hydrogen-bond acceptors (Lipinski definition) is 4. The predicted molar refractivity (Wildman–Crippen MR) is 70.6 cm³/mol. The van der Waals surface area contributed by atoms with Crippen LogP contribution in [0.5, 0.6) is 5.75 Å². The first-order valence-electron chi connectivity index (χ1n) is 6.16. The average Bonchev–Trinajstić information content (AvgIpc) is 2.86. The number of aliphatic hydroxyl groups is 2. The fourth-order valence-corrected chi connectivity index (χ4v) is 3.23. The van der Waals surface area contributed by atoms with Gasteiger partial charge in [0.15, 0.2) is 0 Å². The molecule has 18 heavy (non-hydrogen) atoms. The molecule has 0 spiro atoms. The van der Waals surface area contributed by atoms with E-state index in [0.717, 1.165) is 28.8 Å². The molecule has 2 aliphatic rings. The van der Waals surface area contributed by atoms with E-state index in [4.69, 9.17) is 4.74 Å². The lowest BCUT2D eigenvalue weighted by molar-refractivity contribution is 0.0572. The minimum atomic E-state index is -0.633. The van der Waals surface area contributed by atoms with Crippen LogP contribution in [0, 0.1) is 0 Å². The maximum atomic E-state index is 9.56. The lowest BCUT2D eigenvalue weighted by Crippen LogP contribution is -2.22. The minimum Gasteiger partial charge on any atom is -0.493 e. The zero-order valence-electron chi connectivity index (χ0n) is 9.97. The van der Waals surface area contributed by atoms with Crippen LogP contribution in [0.15, 0.2) is 16.6 Å². The molecule has 2 aliphatic heterocycles. The van der Waals surface area contributed by atoms with Crippen molar-refractivity contribution in [2.24, 2.45) is 0 Å². The molecule has 0 aliphatic carbocycles. The second kappa shape index (κ2) is 4.81. The third kappa shape index (κ3) is 2.28. The summed E-state index contributed by atoms with van der Waals surface area (Å²) in [5, 5.41) is 19.1. The summed E-state index contributed by atoms with van der Waals surface area (Å²) in [6.45, 7) is 2.48. The van der Waals surface area contributed by atoms with Crippen molar-refractivity contribution in [3.63, 3.8) is 0 Å². The van der Waals surface area contributed by atoms with Crippen LogP contribution in [0.3, 0.4) is 0 Å². The third-order valence-electron chi connectivity index (χ3n) is 3.55. The van der Waals surface area contributed by atoms with E-state index in [0.29, 0.717) is 19.6 Å². The number of fused-ring (bicyclic) bond motifs is 1. The van der Waals surface area contributed by atoms with E-state index < -0.39 is 12.2 Å². The van der Waals surface area contributed by atoms with E-state index in [1.165, 1.54) is 5.56 Å². The van der Waals surface area contributed by atoms with Crippen LogP contribution in [0.1, 0.15) is 11.1 Å². The molecule has 2 atom stereocenters. The van der Waals surface area contributed by atoms with Crippen LogP contribution in [0.25, 0.3) is 0 Å². The standard InChI is InChI=1S/C13H16BrNO3/c14-10-3-8-1-2-18-13(8)9(4-10)5-15-6-11(16)12(17)7-15/h3-4,11-12,16-17H,1-2,5-7H2/t11-,12+. The van der Waals surface area contributed by atoms with Gasteiger partial charge in [-0.05, 0) is 17.7 Å². The van der Waals surface area contributed by atoms with Gasteiger partial charge < -0.3 is 14.9 Å². The SMILES string of the molecule is O[C@@H]1CN(Cc2cc(Br)cc3c2OCC3)C[C@@H]1O. The number of aliphatic hydroxyl groups excluding tert-OH is 2. The molecule has 1 saturated heterocycles. The van der Waals surface area contributed by atoms with Crippen LogP contribution in [-0.2, 0) is 13.0 Å². The zero-order valence-corrected chi connectivity index (χ0v) is 11.6. The van der Waals surface area contributed by atoms with E-state index in [1.54, 1.807) is 0 Å². The van der Waals surface area contributed by atoms with Crippen molar-refractivity contribution in [3.8, 4) is 5.75 Å². The van der Waals surface area contributed by atoms with Crippen LogP contribution >= 0.6 is 15.9 Å². The Labute approximate surface area is 114 Å². The molecule has 0 saturated carbocycles. The Morgan fingerprint density at radius 3 is 2.72 bits per heavy atom. The topological polar surface area (TPSA) is 52.9 Å². The summed E-state index contributed by atoms with van der Waals surface area (Å²) >= 11 is 3.52. The number of β-amino-alcohol motifs (C(OH)–C–C–N with tert-alkyl or cyclic N) is 2. The van der Waals surface area contributed by atoms with Crippen molar-refractivity contribution in [1.29, 1.82) is 0 Å². The second-order valence-electron chi connectivity index (χ2n) is 4.98. The Bertz CT molecular complexity index is 456. The third-order valence-corrected chi connectivity index (χ3v) is 4.01. The first-order chi connectivity index (χ1) is 8.63. The zero-order chi connectivity index (χ0) is 12.7. The molecule has 1 aromatic carbocycles. The van der Waals surface area contributed by atoms with Crippen molar-refractivity contribution in [2.75, 3.05) is 19.7 Å². The highest BCUT2D eigenvalue weighted by atomic mass is 79.9. The molecular formula is C13H16BrNO3. The number of hydrogen-bond donors (Lipinski definition) is 2. The van der Waals surface area contributed by atoms with E-state index in [-0.39, 0.29) is 0 Å². The Balaban J connectivity index is 1.81. The Kier molecular flexibility index (Phi) is 3.32. The molecule has 98 valence electrons. The van der Waals surface area contributed by atoms with Crippen LogP contribution in [0.2, 0.25) is 0 Å². The number of benzene rings is 1. The second-order valence-corrected chi connectivity index (χ2v) is 5.90. The molecule has 1 fully saturated rings. The Morgan fingerprint density at radius 1 is 1.28 bits per heavy atom. The average molecular weight is 314 g/mol. The number of ether oxygens (including phenoxy) is 1. The Hall–Kier alpha value is -0.620. The fourth-order valence-electron chi connectivity index (χ4n) is 2.68. The largest absolute Gasteiger partial charge is 0.493 e. The number of likely N-dealkylation sites (tertiary alicyclic amines) is 1. The minimum absolute atomic E-state index is 0.516. The summed E-state index contributed by atoms with van der Waals surface area (Å²) in [7, 11) is 0. The smallest absolute Gasteiger partial charge is 0.127 e. The van der Waals surface area contributed by atoms with Crippen molar-refractivity contribution < 1.29 is 14.9 Å². The van der Waals surface area contributed by atoms with Crippen molar-refractivity contribution in [3.05, 3.63) is 27.7 Å². The van der Waals surface area contributed by atoms with Gasteiger partial charge in [-0.3, -0.25) is 4.90 Å². The quantitative estimate of drug-likeness (QED) is 0.852. The van der Waals surface area contributed by atoms with E-state index >= 15 is 0 Å². The highest BCUT2D eigenvalue weighted by Crippen LogP contribution is 2.34. The Morgan fingerprint density at radius 2 is 2.00 bits per heavy atom. The van der Waals surface area contributed by atoms with Gasteiger partial charge >= 0.3 is 0 Å². The molecule has 0 radical (unpaired) electrons. The van der Waals surface area contributed by atoms with Crippen LogP contribution in [0.4, 0.5) is 0 Å². The molecule has 2 N–H and O–H groups in total. The highest BCUT2D eigenvalue weighted by molar-refractivity contribution is 9.10. The summed E-state index contributed by atoms with van der Waals surface area (Å²) in [5.41, 5.74) is 2.36. The van der Waals surface area contributed by atoms with Gasteiger partial charge in [0.2, 0.25) is 0 Å². The van der Waals surface area contributed by atoms with Crippen molar-refractivity contribution in [1.82, 2.24) is 4.90 Å². The lowest BCUT2D eigenvalue weighted by Gasteiger charge is -2.17. The lowest BCUT2D eigenvalue weighted by atomic mass is 10.1. The summed E-state index contributed by atoms with van der Waals surface area (Å²) in [5.74, 6) is 0.981. The van der Waals surface area contributed by atoms with Gasteiger partial charge in [0.05, 0.1) is 18.8 Å². The molecule has 0 bridgehead atoms. The van der Waals surface area contributed by atoms with Gasteiger partial charge in [-0.1, -0.05) is 15.9 Å². The molecule has 0 amide bonds. The van der Waals surface area contributed by atoms with Crippen LogP contribution < -0.4 is 4.74 Å². The highest BCUT2D eigenvalue weighted by Gasteiger charge is 2.30. The van der Waals surface area contributed by atoms with Gasteiger partial charge in [0.1, 0.15) is 5.75 Å². The van der Waals surface area contributed by atoms with E-state index in [1.807, 2.05) is 0 Å². The van der Waals surface area contributed by atoms with Gasteiger partial charge in [-0.2, -0.15) is 0 Å². The molecule has 2 heterocycles. The first-order valence-corrected chi connectivity index (χ1v) is 6.95. The molecule has 4 nitrogen and oxygen atoms in total. The molecule has 0 unspecified atom stereocenters. The molecular weight excluding hydrogens is 298 g/mol. The number of halogens is 1. The summed E-state index contributed by atoms with van der Waals surface area (Å²) in [6, 6.07) is 4.15. The van der Waals surface area contributed by atoms with Gasteiger partial charge in [0.25, 0.3) is 0 Å². The molecule has 3 rings (SSSR count). The number of rotatable bonds is 2. The molecule has 1 aromatic rings. The summed E-state index contributed by atoms with van der Waals surface area (Å²) in [4.78, 5) is 2.05. The van der Waals surface area contributed by atoms with Crippen molar-refractivity contribution >= 4 is 15.9 Å². The number of nitrogens with zero attached hydrogens (tertiary/aromatic N) is 1. The van der Waals surface area contributed by atoms with E-state index in [9.17, 15) is 10.2 Å². The maximum absolute atomic E-state index is 9.56. The first kappa shape index (κ1) is 12.4. The van der Waals surface area contributed by atoms with Crippen molar-refractivity contribution in [2.45, 2.75) is 25.2 Å². The van der Waals surface area contributed by atoms with Gasteiger partial charge in [0, 0.05) is 36.1 Å². The molecule has 0 aromatic heterocycles. The molecule has 5 heteroatoms. The monoisotopic (exact) mass is 313 g/mol. The predicted octanol–water partition coefficient (Wildman–Crippen LogP) is 0.921. The van der Waals surface area contributed by atoms with Gasteiger partial charge in [-0.25, -0.2) is 0 Å².